The molecule has 2 heterocycles. The Hall–Kier alpha value is -0.650. The van der Waals surface area contributed by atoms with Gasteiger partial charge in [-0.05, 0) is 19.8 Å². The summed E-state index contributed by atoms with van der Waals surface area (Å²) in [4.78, 5) is 6.76. The third kappa shape index (κ3) is 4.17. The molecule has 114 valence electrons. The fraction of sp³-hybridized carbons (Fsp3) is 0.857. The fourth-order valence-electron chi connectivity index (χ4n) is 2.73. The Morgan fingerprint density at radius 3 is 2.90 bits per heavy atom. The molecular formula is C14H25ClN4O. The molecule has 0 aliphatic carbocycles. The zero-order valence-electron chi connectivity index (χ0n) is 12.8. The summed E-state index contributed by atoms with van der Waals surface area (Å²) >= 11 is 5.97. The zero-order valence-corrected chi connectivity index (χ0v) is 13.6. The van der Waals surface area contributed by atoms with Gasteiger partial charge in [0.25, 0.3) is 0 Å². The van der Waals surface area contributed by atoms with Gasteiger partial charge in [-0.25, -0.2) is 9.67 Å². The maximum Gasteiger partial charge on any atom is 0.141 e. The van der Waals surface area contributed by atoms with Crippen LogP contribution < -0.4 is 0 Å². The molecule has 1 fully saturated rings. The maximum absolute atomic E-state index is 5.97. The molecule has 0 bridgehead atoms. The van der Waals surface area contributed by atoms with Crippen molar-refractivity contribution in [3.8, 4) is 0 Å². The summed E-state index contributed by atoms with van der Waals surface area (Å²) in [6, 6.07) is 0. The van der Waals surface area contributed by atoms with Crippen molar-refractivity contribution in [2.24, 2.45) is 5.92 Å². The van der Waals surface area contributed by atoms with E-state index in [4.69, 9.17) is 16.3 Å². The molecule has 20 heavy (non-hydrogen) atoms. The summed E-state index contributed by atoms with van der Waals surface area (Å²) in [6.45, 7) is 12.0. The smallest absolute Gasteiger partial charge is 0.141 e. The monoisotopic (exact) mass is 300 g/mol. The quantitative estimate of drug-likeness (QED) is 0.782. The molecule has 2 rings (SSSR count). The van der Waals surface area contributed by atoms with Crippen molar-refractivity contribution in [3.63, 3.8) is 0 Å². The second kappa shape index (κ2) is 6.41. The molecule has 0 aromatic carbocycles. The summed E-state index contributed by atoms with van der Waals surface area (Å²) in [6.07, 6.45) is 1.73. The third-order valence-electron chi connectivity index (χ3n) is 3.32. The average molecular weight is 301 g/mol. The zero-order chi connectivity index (χ0) is 14.8. The molecule has 0 N–H and O–H groups in total. The first kappa shape index (κ1) is 15.7. The van der Waals surface area contributed by atoms with Crippen LogP contribution in [0.4, 0.5) is 0 Å². The minimum atomic E-state index is -0.166. The molecule has 0 saturated carbocycles. The van der Waals surface area contributed by atoms with E-state index in [0.717, 1.165) is 32.0 Å². The average Bonchev–Trinajstić information content (AvgIpc) is 2.73. The number of aromatic nitrogens is 3. The van der Waals surface area contributed by atoms with E-state index in [2.05, 4.69) is 42.7 Å². The van der Waals surface area contributed by atoms with Crippen molar-refractivity contribution in [2.75, 3.05) is 19.0 Å². The maximum atomic E-state index is 5.97. The van der Waals surface area contributed by atoms with E-state index in [1.54, 1.807) is 6.33 Å². The van der Waals surface area contributed by atoms with Gasteiger partial charge >= 0.3 is 0 Å². The first-order chi connectivity index (χ1) is 9.39. The van der Waals surface area contributed by atoms with E-state index in [-0.39, 0.29) is 11.7 Å². The summed E-state index contributed by atoms with van der Waals surface area (Å²) in [5.41, 5.74) is -0.166. The molecule has 0 amide bonds. The molecule has 0 spiro atoms. The summed E-state index contributed by atoms with van der Waals surface area (Å²) < 4.78 is 7.95. The van der Waals surface area contributed by atoms with Gasteiger partial charge in [0.05, 0.1) is 18.2 Å². The fourth-order valence-corrected chi connectivity index (χ4v) is 2.89. The van der Waals surface area contributed by atoms with Crippen LogP contribution in [0.1, 0.15) is 33.5 Å². The molecule has 5 nitrogen and oxygen atoms in total. The van der Waals surface area contributed by atoms with Gasteiger partial charge in [0.2, 0.25) is 0 Å². The van der Waals surface area contributed by atoms with Crippen LogP contribution in [-0.4, -0.2) is 50.3 Å². The molecule has 1 aliphatic rings. The second-order valence-corrected chi connectivity index (χ2v) is 6.88. The number of alkyl halides is 1. The SMILES string of the molecule is CC(C)Cn1ncnc1CN1CC(CCl)OC(C)(C)C1. The van der Waals surface area contributed by atoms with Crippen LogP contribution in [0.2, 0.25) is 0 Å². The molecule has 1 saturated heterocycles. The van der Waals surface area contributed by atoms with Crippen LogP contribution in [0.15, 0.2) is 6.33 Å². The van der Waals surface area contributed by atoms with Gasteiger partial charge in [0.1, 0.15) is 12.2 Å². The van der Waals surface area contributed by atoms with Gasteiger partial charge in [-0.15, -0.1) is 11.6 Å². The van der Waals surface area contributed by atoms with Crippen molar-refractivity contribution in [1.82, 2.24) is 19.7 Å². The third-order valence-corrected chi connectivity index (χ3v) is 3.67. The summed E-state index contributed by atoms with van der Waals surface area (Å²) in [5, 5.41) is 4.32. The standard InChI is InChI=1S/C14H25ClN4O/c1-11(2)6-19-13(16-10-17-19)8-18-7-12(5-15)20-14(3,4)9-18/h10-12H,5-9H2,1-4H3. The number of rotatable bonds is 5. The molecular weight excluding hydrogens is 276 g/mol. The Kier molecular flexibility index (Phi) is 5.04. The van der Waals surface area contributed by atoms with Crippen molar-refractivity contribution < 1.29 is 4.74 Å². The van der Waals surface area contributed by atoms with Gasteiger partial charge < -0.3 is 4.74 Å². The van der Waals surface area contributed by atoms with Crippen LogP contribution in [0.25, 0.3) is 0 Å². The lowest BCUT2D eigenvalue weighted by molar-refractivity contribution is -0.130. The molecule has 0 radical (unpaired) electrons. The number of morpholine rings is 1. The Morgan fingerprint density at radius 2 is 2.25 bits per heavy atom. The van der Waals surface area contributed by atoms with Crippen LogP contribution in [0.3, 0.4) is 0 Å². The van der Waals surface area contributed by atoms with Crippen molar-refractivity contribution in [1.29, 1.82) is 0 Å². The highest BCUT2D eigenvalue weighted by atomic mass is 35.5. The van der Waals surface area contributed by atoms with Gasteiger partial charge in [-0.2, -0.15) is 5.10 Å². The van der Waals surface area contributed by atoms with Crippen molar-refractivity contribution in [3.05, 3.63) is 12.2 Å². The van der Waals surface area contributed by atoms with Gasteiger partial charge in [-0.1, -0.05) is 13.8 Å². The predicted octanol–water partition coefficient (Wildman–Crippen LogP) is 2.15. The van der Waals surface area contributed by atoms with Crippen LogP contribution in [0, 0.1) is 5.92 Å². The Morgan fingerprint density at radius 1 is 1.50 bits per heavy atom. The van der Waals surface area contributed by atoms with Crippen LogP contribution >= 0.6 is 11.6 Å². The number of ether oxygens (including phenoxy) is 1. The number of nitrogens with zero attached hydrogens (tertiary/aromatic N) is 4. The lowest BCUT2D eigenvalue weighted by Gasteiger charge is -2.42. The lowest BCUT2D eigenvalue weighted by Crippen LogP contribution is -2.53. The van der Waals surface area contributed by atoms with Crippen LogP contribution in [-0.2, 0) is 17.8 Å². The lowest BCUT2D eigenvalue weighted by atomic mass is 10.1. The van der Waals surface area contributed by atoms with Crippen molar-refractivity contribution >= 4 is 11.6 Å². The molecule has 1 aromatic rings. The minimum Gasteiger partial charge on any atom is -0.368 e. The Labute approximate surface area is 126 Å². The Bertz CT molecular complexity index is 433. The highest BCUT2D eigenvalue weighted by molar-refractivity contribution is 6.18. The first-order valence-corrected chi connectivity index (χ1v) is 7.76. The number of halogens is 1. The van der Waals surface area contributed by atoms with E-state index in [1.165, 1.54) is 0 Å². The van der Waals surface area contributed by atoms with Crippen molar-refractivity contribution in [2.45, 2.75) is 52.5 Å². The van der Waals surface area contributed by atoms with E-state index >= 15 is 0 Å². The van der Waals surface area contributed by atoms with Crippen LogP contribution in [0.5, 0.6) is 0 Å². The minimum absolute atomic E-state index is 0.0851. The van der Waals surface area contributed by atoms with Gasteiger partial charge in [-0.3, -0.25) is 4.90 Å². The van der Waals surface area contributed by atoms with E-state index in [1.807, 2.05) is 4.68 Å². The van der Waals surface area contributed by atoms with Gasteiger partial charge in [0.15, 0.2) is 0 Å². The molecule has 1 unspecified atom stereocenters. The van der Waals surface area contributed by atoms with Gasteiger partial charge in [0, 0.05) is 25.5 Å². The van der Waals surface area contributed by atoms with E-state index < -0.39 is 0 Å². The summed E-state index contributed by atoms with van der Waals surface area (Å²) in [7, 11) is 0. The summed E-state index contributed by atoms with van der Waals surface area (Å²) in [5.74, 6) is 2.11. The van der Waals surface area contributed by atoms with E-state index in [9.17, 15) is 0 Å². The van der Waals surface area contributed by atoms with E-state index in [0.29, 0.717) is 11.8 Å². The topological polar surface area (TPSA) is 43.2 Å². The molecule has 1 atom stereocenters. The molecule has 1 aliphatic heterocycles. The molecule has 6 heteroatoms. The molecule has 1 aromatic heterocycles. The second-order valence-electron chi connectivity index (χ2n) is 6.58. The number of hydrogen-bond donors (Lipinski definition) is 0. The number of hydrogen-bond acceptors (Lipinski definition) is 4. The highest BCUT2D eigenvalue weighted by Crippen LogP contribution is 2.22. The largest absolute Gasteiger partial charge is 0.368 e. The highest BCUT2D eigenvalue weighted by Gasteiger charge is 2.33. The first-order valence-electron chi connectivity index (χ1n) is 7.22. The Balaban J connectivity index is 2.03. The normalized spacial score (nSPS) is 23.4. The predicted molar refractivity (Wildman–Crippen MR) is 79.8 cm³/mol.